The van der Waals surface area contributed by atoms with Gasteiger partial charge < -0.3 is 14.8 Å². The summed E-state index contributed by atoms with van der Waals surface area (Å²) in [6.45, 7) is 1.43. The van der Waals surface area contributed by atoms with Crippen LogP contribution in [0, 0.1) is 0 Å². The highest BCUT2D eigenvalue weighted by atomic mass is 35.5. The van der Waals surface area contributed by atoms with E-state index in [1.54, 1.807) is 24.3 Å². The maximum Gasteiger partial charge on any atom is 0.340 e. The number of halogens is 3. The van der Waals surface area contributed by atoms with Gasteiger partial charge in [0.15, 0.2) is 6.10 Å². The van der Waals surface area contributed by atoms with Gasteiger partial charge in [0, 0.05) is 5.02 Å². The normalized spacial score (nSPS) is 11.6. The molecule has 2 aromatic rings. The number of anilines is 1. The van der Waals surface area contributed by atoms with E-state index in [0.29, 0.717) is 16.5 Å². The van der Waals surface area contributed by atoms with E-state index < -0.39 is 18.0 Å². The first kappa shape index (κ1) is 19.4. The van der Waals surface area contributed by atoms with E-state index in [4.69, 9.17) is 44.3 Å². The summed E-state index contributed by atoms with van der Waals surface area (Å²) < 4.78 is 10.3. The highest BCUT2D eigenvalue weighted by molar-refractivity contribution is 6.43. The van der Waals surface area contributed by atoms with E-state index in [1.165, 1.54) is 26.2 Å². The predicted molar refractivity (Wildman–Crippen MR) is 98.0 cm³/mol. The van der Waals surface area contributed by atoms with Gasteiger partial charge in [0.2, 0.25) is 0 Å². The van der Waals surface area contributed by atoms with Crippen LogP contribution in [0.25, 0.3) is 0 Å². The van der Waals surface area contributed by atoms with Crippen molar-refractivity contribution in [1.29, 1.82) is 0 Å². The number of esters is 1. The van der Waals surface area contributed by atoms with Crippen molar-refractivity contribution in [2.24, 2.45) is 0 Å². The molecule has 0 fully saturated rings. The minimum absolute atomic E-state index is 0.0679. The first-order valence-electron chi connectivity index (χ1n) is 7.13. The topological polar surface area (TPSA) is 64.6 Å². The molecular weight excluding hydrogens is 389 g/mol. The average molecular weight is 403 g/mol. The molecule has 2 rings (SSSR count). The highest BCUT2D eigenvalue weighted by Gasteiger charge is 2.22. The highest BCUT2D eigenvalue weighted by Crippen LogP contribution is 2.28. The summed E-state index contributed by atoms with van der Waals surface area (Å²) in [5, 5.41) is 3.31. The molecule has 0 saturated heterocycles. The van der Waals surface area contributed by atoms with Gasteiger partial charge in [-0.2, -0.15) is 0 Å². The van der Waals surface area contributed by atoms with Gasteiger partial charge in [-0.1, -0.05) is 40.9 Å². The Balaban J connectivity index is 2.09. The second-order valence-corrected chi connectivity index (χ2v) is 6.20. The van der Waals surface area contributed by atoms with Crippen LogP contribution in [0.5, 0.6) is 5.75 Å². The number of methoxy groups -OCH3 is 1. The van der Waals surface area contributed by atoms with E-state index in [9.17, 15) is 9.59 Å². The third-order valence-corrected chi connectivity index (χ3v) is 4.30. The Labute approximate surface area is 159 Å². The van der Waals surface area contributed by atoms with Gasteiger partial charge in [0.1, 0.15) is 5.75 Å². The molecule has 25 heavy (non-hydrogen) atoms. The third-order valence-electron chi connectivity index (χ3n) is 3.24. The van der Waals surface area contributed by atoms with Gasteiger partial charge >= 0.3 is 5.97 Å². The van der Waals surface area contributed by atoms with Crippen LogP contribution in [0.3, 0.4) is 0 Å². The zero-order valence-corrected chi connectivity index (χ0v) is 15.6. The van der Waals surface area contributed by atoms with Crippen molar-refractivity contribution in [3.63, 3.8) is 0 Å². The number of hydrogen-bond acceptors (Lipinski definition) is 4. The van der Waals surface area contributed by atoms with Crippen LogP contribution < -0.4 is 10.1 Å². The minimum atomic E-state index is -1.08. The lowest BCUT2D eigenvalue weighted by Gasteiger charge is -2.16. The van der Waals surface area contributed by atoms with E-state index in [2.05, 4.69) is 5.32 Å². The second kappa shape index (κ2) is 8.43. The van der Waals surface area contributed by atoms with Crippen molar-refractivity contribution in [2.45, 2.75) is 13.0 Å². The van der Waals surface area contributed by atoms with Crippen molar-refractivity contribution in [1.82, 2.24) is 0 Å². The van der Waals surface area contributed by atoms with Crippen molar-refractivity contribution >= 4 is 52.4 Å². The van der Waals surface area contributed by atoms with Crippen molar-refractivity contribution in [3.05, 3.63) is 57.0 Å². The third kappa shape index (κ3) is 4.78. The fourth-order valence-corrected chi connectivity index (χ4v) is 2.50. The molecule has 8 heteroatoms. The monoisotopic (exact) mass is 401 g/mol. The quantitative estimate of drug-likeness (QED) is 0.727. The summed E-state index contributed by atoms with van der Waals surface area (Å²) in [6, 6.07) is 9.33. The zero-order valence-electron chi connectivity index (χ0n) is 13.3. The molecule has 132 valence electrons. The molecule has 0 spiro atoms. The largest absolute Gasteiger partial charge is 0.495 e. The number of hydrogen-bond donors (Lipinski definition) is 1. The lowest BCUT2D eigenvalue weighted by molar-refractivity contribution is -0.123. The Kier molecular flexibility index (Phi) is 6.53. The number of nitrogens with one attached hydrogen (secondary N) is 1. The summed E-state index contributed by atoms with van der Waals surface area (Å²) in [5.41, 5.74) is 0.442. The maximum absolute atomic E-state index is 12.3. The Morgan fingerprint density at radius 3 is 2.52 bits per heavy atom. The molecule has 0 aliphatic rings. The summed E-state index contributed by atoms with van der Waals surface area (Å²) >= 11 is 17.8. The molecule has 0 heterocycles. The predicted octanol–water partition coefficient (Wildman–Crippen LogP) is 4.84. The minimum Gasteiger partial charge on any atom is -0.495 e. The second-order valence-electron chi connectivity index (χ2n) is 4.98. The van der Waals surface area contributed by atoms with E-state index in [0.717, 1.165) is 0 Å². The summed E-state index contributed by atoms with van der Waals surface area (Å²) in [7, 11) is 1.46. The number of rotatable bonds is 5. The van der Waals surface area contributed by atoms with E-state index in [1.807, 2.05) is 0 Å². The van der Waals surface area contributed by atoms with Crippen molar-refractivity contribution in [3.8, 4) is 5.75 Å². The number of carbonyl (C=O) groups excluding carboxylic acids is 2. The van der Waals surface area contributed by atoms with Crippen LogP contribution in [-0.2, 0) is 9.53 Å². The Morgan fingerprint density at radius 2 is 1.84 bits per heavy atom. The first-order valence-corrected chi connectivity index (χ1v) is 8.26. The van der Waals surface area contributed by atoms with E-state index >= 15 is 0 Å². The molecule has 1 N–H and O–H groups in total. The van der Waals surface area contributed by atoms with Crippen LogP contribution in [0.15, 0.2) is 36.4 Å². The van der Waals surface area contributed by atoms with Crippen LogP contribution in [0.2, 0.25) is 15.1 Å². The Morgan fingerprint density at radius 1 is 1.12 bits per heavy atom. The smallest absolute Gasteiger partial charge is 0.340 e. The summed E-state index contributed by atoms with van der Waals surface area (Å²) in [6.07, 6.45) is -1.08. The molecule has 5 nitrogen and oxygen atoms in total. The van der Waals surface area contributed by atoms with Crippen LogP contribution in [-0.4, -0.2) is 25.1 Å². The maximum atomic E-state index is 12.3. The van der Waals surface area contributed by atoms with Crippen LogP contribution in [0.1, 0.15) is 17.3 Å². The van der Waals surface area contributed by atoms with Crippen LogP contribution in [0.4, 0.5) is 5.69 Å². The molecule has 0 unspecified atom stereocenters. The Bertz CT molecular complexity index is 810. The fraction of sp³-hybridized carbons (Fsp3) is 0.176. The first-order chi connectivity index (χ1) is 11.8. The fourth-order valence-electron chi connectivity index (χ4n) is 1.95. The Hall–Kier alpha value is -1.95. The average Bonchev–Trinajstić information content (AvgIpc) is 2.57. The number of carbonyl (C=O) groups is 2. The molecule has 1 atom stereocenters. The molecule has 0 saturated carbocycles. The lowest BCUT2D eigenvalue weighted by Crippen LogP contribution is -2.30. The molecule has 2 aromatic carbocycles. The number of ether oxygens (including phenoxy) is 2. The van der Waals surface area contributed by atoms with Crippen molar-refractivity contribution in [2.75, 3.05) is 12.4 Å². The number of benzene rings is 2. The molecular formula is C17H14Cl3NO4. The molecule has 0 aliphatic heterocycles. The van der Waals surface area contributed by atoms with Crippen LogP contribution >= 0.6 is 34.8 Å². The van der Waals surface area contributed by atoms with E-state index in [-0.39, 0.29) is 15.6 Å². The lowest BCUT2D eigenvalue weighted by atomic mass is 10.2. The van der Waals surface area contributed by atoms with Gasteiger partial charge in [-0.3, -0.25) is 4.79 Å². The molecule has 1 amide bonds. The molecule has 0 aliphatic carbocycles. The van der Waals surface area contributed by atoms with Gasteiger partial charge in [0.05, 0.1) is 28.4 Å². The van der Waals surface area contributed by atoms with Gasteiger partial charge in [-0.25, -0.2) is 4.79 Å². The van der Waals surface area contributed by atoms with Gasteiger partial charge in [-0.15, -0.1) is 0 Å². The SMILES string of the molecule is COc1ccc(Cl)cc1NC(=O)[C@H](C)OC(=O)c1cccc(Cl)c1Cl. The van der Waals surface area contributed by atoms with Gasteiger partial charge in [-0.05, 0) is 37.3 Å². The van der Waals surface area contributed by atoms with Gasteiger partial charge in [0.25, 0.3) is 5.91 Å². The zero-order chi connectivity index (χ0) is 18.6. The van der Waals surface area contributed by atoms with Crippen molar-refractivity contribution < 1.29 is 19.1 Å². The summed E-state index contributed by atoms with van der Waals surface area (Å²) in [5.74, 6) is -0.880. The summed E-state index contributed by atoms with van der Waals surface area (Å²) in [4.78, 5) is 24.4. The molecule has 0 bridgehead atoms. The number of amides is 1. The molecule has 0 radical (unpaired) electrons. The molecule has 0 aromatic heterocycles. The standard InChI is InChI=1S/C17H14Cl3NO4/c1-9(25-17(23)11-4-3-5-12(19)15(11)20)16(22)21-13-8-10(18)6-7-14(13)24-2/h3-9H,1-2H3,(H,21,22)/t9-/m0/s1.